The summed E-state index contributed by atoms with van der Waals surface area (Å²) in [6.45, 7) is 8.30. The fourth-order valence-corrected chi connectivity index (χ4v) is 6.33. The van der Waals surface area contributed by atoms with E-state index in [0.717, 1.165) is 75.3 Å². The lowest BCUT2D eigenvalue weighted by Gasteiger charge is -2.36. The van der Waals surface area contributed by atoms with Crippen molar-refractivity contribution < 1.29 is 10.2 Å². The number of fused-ring (bicyclic) bond motifs is 1. The third kappa shape index (κ3) is 5.65. The number of piperazine rings is 1. The van der Waals surface area contributed by atoms with Crippen molar-refractivity contribution >= 4 is 33.3 Å². The Balaban J connectivity index is 1.43. The highest BCUT2D eigenvalue weighted by Gasteiger charge is 2.27. The number of benzene rings is 1. The van der Waals surface area contributed by atoms with Crippen LogP contribution < -0.4 is 9.80 Å². The van der Waals surface area contributed by atoms with Crippen LogP contribution in [-0.4, -0.2) is 109 Å². The lowest BCUT2D eigenvalue weighted by atomic mass is 9.95. The van der Waals surface area contributed by atoms with Gasteiger partial charge in [-0.1, -0.05) is 30.3 Å². The summed E-state index contributed by atoms with van der Waals surface area (Å²) in [5, 5.41) is 22.2. The van der Waals surface area contributed by atoms with E-state index in [1.54, 1.807) is 11.3 Å². The van der Waals surface area contributed by atoms with Crippen LogP contribution in [0.25, 0.3) is 21.3 Å². The Bertz CT molecular complexity index is 1100. The number of aliphatic hydroxyl groups is 2. The first-order valence-corrected chi connectivity index (χ1v) is 14.0. The van der Waals surface area contributed by atoms with Gasteiger partial charge in [-0.15, -0.1) is 11.3 Å². The first kappa shape index (κ1) is 25.4. The number of anilines is 2. The number of likely N-dealkylation sites (N-methyl/N-ethyl adjacent to an activating group) is 1. The van der Waals surface area contributed by atoms with Gasteiger partial charge in [0.05, 0.1) is 18.6 Å². The number of piperidine rings is 1. The second-order valence-corrected chi connectivity index (χ2v) is 10.9. The summed E-state index contributed by atoms with van der Waals surface area (Å²) >= 11 is 1.72. The van der Waals surface area contributed by atoms with Crippen molar-refractivity contribution in [2.45, 2.75) is 12.8 Å². The molecule has 0 radical (unpaired) electrons. The average Bonchev–Trinajstić information content (AvgIpc) is 3.34. The van der Waals surface area contributed by atoms with Gasteiger partial charge < -0.3 is 24.9 Å². The van der Waals surface area contributed by atoms with Gasteiger partial charge in [-0.3, -0.25) is 4.90 Å². The van der Waals surface area contributed by atoms with Crippen LogP contribution in [0.3, 0.4) is 0 Å². The smallest absolute Gasteiger partial charge is 0.228 e. The van der Waals surface area contributed by atoms with Crippen LogP contribution in [0.5, 0.6) is 0 Å². The molecule has 0 spiro atoms. The second kappa shape index (κ2) is 11.8. The van der Waals surface area contributed by atoms with E-state index in [0.29, 0.717) is 19.0 Å². The van der Waals surface area contributed by atoms with Crippen LogP contribution >= 0.6 is 11.3 Å². The molecule has 0 bridgehead atoms. The molecule has 0 atom stereocenters. The summed E-state index contributed by atoms with van der Waals surface area (Å²) < 4.78 is 0. The Labute approximate surface area is 217 Å². The molecule has 0 unspecified atom stereocenters. The maximum atomic E-state index is 9.38. The van der Waals surface area contributed by atoms with Gasteiger partial charge in [-0.05, 0) is 31.4 Å². The molecule has 9 heteroatoms. The Morgan fingerprint density at radius 3 is 2.28 bits per heavy atom. The summed E-state index contributed by atoms with van der Waals surface area (Å²) in [5.74, 6) is 2.48. The molecule has 2 aliphatic heterocycles. The van der Waals surface area contributed by atoms with Crippen molar-refractivity contribution in [2.75, 3.05) is 89.0 Å². The standard InChI is InChI=1S/C27H38N6O2S/c1-30-11-13-33(14-12-30)27-28-25(24-23(20-36-26(24)29-27)22-5-3-2-4-6-22)32-9-7-21(8-10-32)19-31(15-17-34)16-18-35/h2-6,20-21,34-35H,7-19H2,1H3. The van der Waals surface area contributed by atoms with Gasteiger partial charge in [-0.25, -0.2) is 4.98 Å². The number of aliphatic hydroxyl groups excluding tert-OH is 2. The Morgan fingerprint density at radius 1 is 0.917 bits per heavy atom. The lowest BCUT2D eigenvalue weighted by molar-refractivity contribution is 0.138. The maximum Gasteiger partial charge on any atom is 0.228 e. The Hall–Kier alpha value is -2.30. The highest BCUT2D eigenvalue weighted by atomic mass is 32.1. The Kier molecular flexibility index (Phi) is 8.33. The van der Waals surface area contributed by atoms with Gasteiger partial charge in [0.25, 0.3) is 0 Å². The molecule has 4 heterocycles. The van der Waals surface area contributed by atoms with Crippen LogP contribution in [0.2, 0.25) is 0 Å². The van der Waals surface area contributed by atoms with E-state index in [1.165, 1.54) is 16.5 Å². The van der Waals surface area contributed by atoms with E-state index in [9.17, 15) is 10.2 Å². The topological polar surface area (TPSA) is 79.2 Å². The number of aromatic nitrogens is 2. The molecule has 2 N–H and O–H groups in total. The molecule has 2 aromatic heterocycles. The summed E-state index contributed by atoms with van der Waals surface area (Å²) in [4.78, 5) is 20.7. The minimum atomic E-state index is 0.132. The van der Waals surface area contributed by atoms with Crippen molar-refractivity contribution in [1.82, 2.24) is 19.8 Å². The number of hydrogen-bond donors (Lipinski definition) is 2. The minimum absolute atomic E-state index is 0.132. The fourth-order valence-electron chi connectivity index (χ4n) is 5.39. The number of thiophene rings is 1. The molecular weight excluding hydrogens is 472 g/mol. The largest absolute Gasteiger partial charge is 0.395 e. The molecule has 2 fully saturated rings. The van der Waals surface area contributed by atoms with Crippen molar-refractivity contribution in [3.63, 3.8) is 0 Å². The van der Waals surface area contributed by atoms with E-state index >= 15 is 0 Å². The number of rotatable bonds is 9. The molecular formula is C27H38N6O2S. The maximum absolute atomic E-state index is 9.38. The van der Waals surface area contributed by atoms with Crippen molar-refractivity contribution in [1.29, 1.82) is 0 Å². The van der Waals surface area contributed by atoms with Gasteiger partial charge >= 0.3 is 0 Å². The molecule has 0 saturated carbocycles. The zero-order valence-electron chi connectivity index (χ0n) is 21.2. The molecule has 1 aromatic carbocycles. The quantitative estimate of drug-likeness (QED) is 0.455. The zero-order valence-corrected chi connectivity index (χ0v) is 22.0. The van der Waals surface area contributed by atoms with Gasteiger partial charge in [0.15, 0.2) is 0 Å². The zero-order chi connectivity index (χ0) is 24.9. The fraction of sp³-hybridized carbons (Fsp3) is 0.556. The predicted molar refractivity (Wildman–Crippen MR) is 148 cm³/mol. The highest BCUT2D eigenvalue weighted by Crippen LogP contribution is 2.40. The molecule has 3 aromatic rings. The van der Waals surface area contributed by atoms with E-state index in [1.807, 2.05) is 0 Å². The Morgan fingerprint density at radius 2 is 1.61 bits per heavy atom. The normalized spacial score (nSPS) is 18.0. The molecule has 0 amide bonds. The molecule has 2 saturated heterocycles. The average molecular weight is 511 g/mol. The molecule has 36 heavy (non-hydrogen) atoms. The monoisotopic (exact) mass is 510 g/mol. The van der Waals surface area contributed by atoms with E-state index in [4.69, 9.17) is 9.97 Å². The van der Waals surface area contributed by atoms with Crippen LogP contribution in [0.1, 0.15) is 12.8 Å². The SMILES string of the molecule is CN1CCN(c2nc(N3CCC(CN(CCO)CCO)CC3)c3c(-c4ccccc4)csc3n2)CC1. The lowest BCUT2D eigenvalue weighted by Crippen LogP contribution is -2.45. The minimum Gasteiger partial charge on any atom is -0.395 e. The van der Waals surface area contributed by atoms with Crippen LogP contribution in [0.4, 0.5) is 11.8 Å². The first-order valence-electron chi connectivity index (χ1n) is 13.1. The van der Waals surface area contributed by atoms with E-state index < -0.39 is 0 Å². The molecule has 2 aliphatic rings. The first-order chi connectivity index (χ1) is 17.7. The van der Waals surface area contributed by atoms with Crippen molar-refractivity contribution in [2.24, 2.45) is 5.92 Å². The third-order valence-corrected chi connectivity index (χ3v) is 8.41. The highest BCUT2D eigenvalue weighted by molar-refractivity contribution is 7.17. The van der Waals surface area contributed by atoms with Crippen LogP contribution in [0, 0.1) is 5.92 Å². The van der Waals surface area contributed by atoms with Gasteiger partial charge in [-0.2, -0.15) is 4.98 Å². The second-order valence-electron chi connectivity index (χ2n) is 10.0. The van der Waals surface area contributed by atoms with Crippen molar-refractivity contribution in [3.8, 4) is 11.1 Å². The van der Waals surface area contributed by atoms with Crippen LogP contribution in [-0.2, 0) is 0 Å². The number of hydrogen-bond acceptors (Lipinski definition) is 9. The summed E-state index contributed by atoms with van der Waals surface area (Å²) in [7, 11) is 2.17. The van der Waals surface area contributed by atoms with E-state index in [-0.39, 0.29) is 13.2 Å². The molecule has 8 nitrogen and oxygen atoms in total. The van der Waals surface area contributed by atoms with Gasteiger partial charge in [0, 0.05) is 69.8 Å². The van der Waals surface area contributed by atoms with Gasteiger partial charge in [0.1, 0.15) is 10.6 Å². The summed E-state index contributed by atoms with van der Waals surface area (Å²) in [6.07, 6.45) is 2.15. The summed E-state index contributed by atoms with van der Waals surface area (Å²) in [5.41, 5.74) is 2.43. The summed E-state index contributed by atoms with van der Waals surface area (Å²) in [6, 6.07) is 10.6. The third-order valence-electron chi connectivity index (χ3n) is 7.54. The van der Waals surface area contributed by atoms with Crippen molar-refractivity contribution in [3.05, 3.63) is 35.7 Å². The molecule has 194 valence electrons. The van der Waals surface area contributed by atoms with Gasteiger partial charge in [0.2, 0.25) is 5.95 Å². The predicted octanol–water partition coefficient (Wildman–Crippen LogP) is 2.61. The molecule has 0 aliphatic carbocycles. The van der Waals surface area contributed by atoms with E-state index in [2.05, 4.69) is 62.4 Å². The molecule has 5 rings (SSSR count). The van der Waals surface area contributed by atoms with Crippen LogP contribution in [0.15, 0.2) is 35.7 Å². The number of nitrogens with zero attached hydrogens (tertiary/aromatic N) is 6.